The molecule has 1 fully saturated rings. The third-order valence-corrected chi connectivity index (χ3v) is 5.05. The van der Waals surface area contributed by atoms with E-state index in [1.807, 2.05) is 18.2 Å². The summed E-state index contributed by atoms with van der Waals surface area (Å²) in [6.45, 7) is 4.94. The van der Waals surface area contributed by atoms with Crippen molar-refractivity contribution in [3.8, 4) is 0 Å². The Bertz CT molecular complexity index is 468. The van der Waals surface area contributed by atoms with Gasteiger partial charge in [-0.05, 0) is 43.4 Å². The van der Waals surface area contributed by atoms with E-state index in [1.165, 1.54) is 6.42 Å². The molecule has 0 saturated heterocycles. The van der Waals surface area contributed by atoms with Crippen molar-refractivity contribution < 1.29 is 5.11 Å². The standard InChI is InChI=1S/C16H23BrClNO/c1-11-4-3-7-16(20,9-11)10-19-12(2)14-6-5-13(17)8-15(14)18/h5-6,8,11-12,19-20H,3-4,7,9-10H2,1-2H3. The van der Waals surface area contributed by atoms with E-state index < -0.39 is 5.60 Å². The van der Waals surface area contributed by atoms with Gasteiger partial charge in [-0.25, -0.2) is 0 Å². The Kier molecular flexibility index (Phi) is 5.52. The van der Waals surface area contributed by atoms with Crippen LogP contribution in [0, 0.1) is 5.92 Å². The van der Waals surface area contributed by atoms with Crippen LogP contribution in [0.5, 0.6) is 0 Å². The van der Waals surface area contributed by atoms with Crippen LogP contribution in [0.25, 0.3) is 0 Å². The van der Waals surface area contributed by atoms with Crippen LogP contribution in [0.3, 0.4) is 0 Å². The van der Waals surface area contributed by atoms with Gasteiger partial charge < -0.3 is 10.4 Å². The van der Waals surface area contributed by atoms with Gasteiger partial charge in [-0.2, -0.15) is 0 Å². The molecule has 3 unspecified atom stereocenters. The van der Waals surface area contributed by atoms with E-state index in [4.69, 9.17) is 11.6 Å². The van der Waals surface area contributed by atoms with Gasteiger partial charge in [0.1, 0.15) is 0 Å². The molecule has 0 heterocycles. The van der Waals surface area contributed by atoms with E-state index in [9.17, 15) is 5.11 Å². The van der Waals surface area contributed by atoms with Gasteiger partial charge in [0.05, 0.1) is 5.60 Å². The van der Waals surface area contributed by atoms with E-state index in [0.717, 1.165) is 34.3 Å². The molecule has 1 aromatic carbocycles. The SMILES string of the molecule is CC1CCCC(O)(CNC(C)c2ccc(Br)cc2Cl)C1. The largest absolute Gasteiger partial charge is 0.389 e. The van der Waals surface area contributed by atoms with E-state index in [2.05, 4.69) is 35.1 Å². The summed E-state index contributed by atoms with van der Waals surface area (Å²) in [4.78, 5) is 0. The summed E-state index contributed by atoms with van der Waals surface area (Å²) in [5.41, 5.74) is 0.510. The molecule has 1 aromatic rings. The molecule has 2 N–H and O–H groups in total. The van der Waals surface area contributed by atoms with Crippen molar-refractivity contribution in [1.82, 2.24) is 5.32 Å². The van der Waals surface area contributed by atoms with Crippen LogP contribution in [0.15, 0.2) is 22.7 Å². The fourth-order valence-corrected chi connectivity index (χ4v) is 3.94. The Morgan fingerprint density at radius 3 is 2.95 bits per heavy atom. The molecule has 112 valence electrons. The first-order chi connectivity index (χ1) is 9.39. The molecule has 1 aliphatic carbocycles. The average Bonchev–Trinajstić information content (AvgIpc) is 2.36. The van der Waals surface area contributed by atoms with Gasteiger partial charge in [-0.1, -0.05) is 53.4 Å². The predicted octanol–water partition coefficient (Wildman–Crippen LogP) is 4.69. The summed E-state index contributed by atoms with van der Waals surface area (Å²) < 4.78 is 0.984. The van der Waals surface area contributed by atoms with E-state index in [-0.39, 0.29) is 6.04 Å². The lowest BCUT2D eigenvalue weighted by Gasteiger charge is -2.36. The van der Waals surface area contributed by atoms with Gasteiger partial charge in [0.2, 0.25) is 0 Å². The average molecular weight is 361 g/mol. The molecule has 0 radical (unpaired) electrons. The van der Waals surface area contributed by atoms with Crippen molar-refractivity contribution in [3.63, 3.8) is 0 Å². The fraction of sp³-hybridized carbons (Fsp3) is 0.625. The van der Waals surface area contributed by atoms with Crippen molar-refractivity contribution in [1.29, 1.82) is 0 Å². The summed E-state index contributed by atoms with van der Waals surface area (Å²) >= 11 is 9.69. The van der Waals surface area contributed by atoms with Gasteiger partial charge >= 0.3 is 0 Å². The van der Waals surface area contributed by atoms with Crippen molar-refractivity contribution in [3.05, 3.63) is 33.3 Å². The molecular formula is C16H23BrClNO. The molecule has 0 amide bonds. The van der Waals surface area contributed by atoms with Gasteiger partial charge in [0.15, 0.2) is 0 Å². The van der Waals surface area contributed by atoms with E-state index >= 15 is 0 Å². The molecular weight excluding hydrogens is 338 g/mol. The van der Waals surface area contributed by atoms with Crippen molar-refractivity contribution in [2.75, 3.05) is 6.54 Å². The second-order valence-corrected chi connectivity index (χ2v) is 7.52. The summed E-state index contributed by atoms with van der Waals surface area (Å²) in [7, 11) is 0. The van der Waals surface area contributed by atoms with Crippen LogP contribution in [0.4, 0.5) is 0 Å². The minimum absolute atomic E-state index is 0.136. The summed E-state index contributed by atoms with van der Waals surface area (Å²) in [6.07, 6.45) is 4.13. The quantitative estimate of drug-likeness (QED) is 0.816. The van der Waals surface area contributed by atoms with E-state index in [1.54, 1.807) is 0 Å². The Morgan fingerprint density at radius 1 is 1.55 bits per heavy atom. The zero-order valence-electron chi connectivity index (χ0n) is 12.1. The van der Waals surface area contributed by atoms with Crippen LogP contribution in [-0.4, -0.2) is 17.3 Å². The highest BCUT2D eigenvalue weighted by Gasteiger charge is 2.32. The molecule has 2 rings (SSSR count). The molecule has 1 saturated carbocycles. The monoisotopic (exact) mass is 359 g/mol. The zero-order chi connectivity index (χ0) is 14.8. The Hall–Kier alpha value is -0.0900. The lowest BCUT2D eigenvalue weighted by Crippen LogP contribution is -2.44. The second kappa shape index (κ2) is 6.78. The summed E-state index contributed by atoms with van der Waals surface area (Å²) in [6, 6.07) is 6.07. The van der Waals surface area contributed by atoms with Crippen LogP contribution in [0.2, 0.25) is 5.02 Å². The highest BCUT2D eigenvalue weighted by Crippen LogP contribution is 2.32. The minimum Gasteiger partial charge on any atom is -0.389 e. The smallest absolute Gasteiger partial charge is 0.0774 e. The molecule has 4 heteroatoms. The molecule has 0 spiro atoms. The number of halogens is 2. The minimum atomic E-state index is -0.562. The molecule has 1 aliphatic rings. The number of aliphatic hydroxyl groups is 1. The highest BCUT2D eigenvalue weighted by molar-refractivity contribution is 9.10. The first kappa shape index (κ1) is 16.3. The first-order valence-electron chi connectivity index (χ1n) is 7.30. The molecule has 2 nitrogen and oxygen atoms in total. The third-order valence-electron chi connectivity index (χ3n) is 4.23. The topological polar surface area (TPSA) is 32.3 Å². The molecule has 0 aromatic heterocycles. The number of hydrogen-bond donors (Lipinski definition) is 2. The molecule has 0 bridgehead atoms. The Morgan fingerprint density at radius 2 is 2.30 bits per heavy atom. The fourth-order valence-electron chi connectivity index (χ4n) is 3.10. The third kappa shape index (κ3) is 4.20. The lowest BCUT2D eigenvalue weighted by molar-refractivity contribution is -0.0134. The van der Waals surface area contributed by atoms with Crippen LogP contribution in [0.1, 0.15) is 51.1 Å². The number of rotatable bonds is 4. The van der Waals surface area contributed by atoms with Crippen LogP contribution >= 0.6 is 27.5 Å². The number of benzene rings is 1. The van der Waals surface area contributed by atoms with Gasteiger partial charge in [0, 0.05) is 22.1 Å². The number of hydrogen-bond acceptors (Lipinski definition) is 2. The van der Waals surface area contributed by atoms with Crippen molar-refractivity contribution in [2.24, 2.45) is 5.92 Å². The van der Waals surface area contributed by atoms with Gasteiger partial charge in [-0.15, -0.1) is 0 Å². The Balaban J connectivity index is 1.96. The van der Waals surface area contributed by atoms with Gasteiger partial charge in [-0.3, -0.25) is 0 Å². The predicted molar refractivity (Wildman–Crippen MR) is 88.2 cm³/mol. The number of nitrogens with one attached hydrogen (secondary N) is 1. The maximum atomic E-state index is 10.6. The highest BCUT2D eigenvalue weighted by atomic mass is 79.9. The van der Waals surface area contributed by atoms with Crippen molar-refractivity contribution >= 4 is 27.5 Å². The zero-order valence-corrected chi connectivity index (χ0v) is 14.5. The van der Waals surface area contributed by atoms with Crippen LogP contribution in [-0.2, 0) is 0 Å². The Labute approximate surface area is 135 Å². The van der Waals surface area contributed by atoms with Gasteiger partial charge in [0.25, 0.3) is 0 Å². The second-order valence-electron chi connectivity index (χ2n) is 6.19. The summed E-state index contributed by atoms with van der Waals surface area (Å²) in [5, 5.41) is 14.8. The maximum Gasteiger partial charge on any atom is 0.0774 e. The molecule has 3 atom stereocenters. The molecule has 0 aliphatic heterocycles. The summed E-state index contributed by atoms with van der Waals surface area (Å²) in [5.74, 6) is 0.613. The first-order valence-corrected chi connectivity index (χ1v) is 8.47. The molecule has 20 heavy (non-hydrogen) atoms. The normalized spacial score (nSPS) is 28.4. The van der Waals surface area contributed by atoms with Crippen LogP contribution < -0.4 is 5.32 Å². The maximum absolute atomic E-state index is 10.6. The lowest BCUT2D eigenvalue weighted by atomic mass is 9.79. The van der Waals surface area contributed by atoms with Crippen molar-refractivity contribution in [2.45, 2.75) is 51.2 Å². The van der Waals surface area contributed by atoms with E-state index in [0.29, 0.717) is 12.5 Å².